The molecule has 2 bridgehead atoms. The Labute approximate surface area is 97.9 Å². The van der Waals surface area contributed by atoms with Gasteiger partial charge in [0, 0.05) is 19.7 Å². The van der Waals surface area contributed by atoms with Crippen LogP contribution in [0.2, 0.25) is 0 Å². The maximum atomic E-state index is 9.57. The predicted molar refractivity (Wildman–Crippen MR) is 64.2 cm³/mol. The van der Waals surface area contributed by atoms with Crippen LogP contribution in [0.4, 0.5) is 0 Å². The third-order valence-corrected chi connectivity index (χ3v) is 4.01. The molecule has 0 aromatic rings. The topological polar surface area (TPSA) is 41.5 Å². The number of aliphatic hydroxyl groups excluding tert-OH is 1. The summed E-state index contributed by atoms with van der Waals surface area (Å²) in [5.41, 5.74) is 0. The zero-order chi connectivity index (χ0) is 11.5. The number of rotatable bonds is 6. The van der Waals surface area contributed by atoms with Gasteiger partial charge in [-0.25, -0.2) is 0 Å². The minimum atomic E-state index is -0.387. The first kappa shape index (κ1) is 12.1. The van der Waals surface area contributed by atoms with Crippen molar-refractivity contribution in [1.82, 2.24) is 5.32 Å². The SMILES string of the molecule is COCC(O)CNC(C)C1CC2C=CC1C2. The summed E-state index contributed by atoms with van der Waals surface area (Å²) < 4.78 is 4.91. The quantitative estimate of drug-likeness (QED) is 0.667. The molecule has 0 aliphatic heterocycles. The third-order valence-electron chi connectivity index (χ3n) is 4.01. The molecule has 5 unspecified atom stereocenters. The fraction of sp³-hybridized carbons (Fsp3) is 0.846. The second kappa shape index (κ2) is 5.30. The van der Waals surface area contributed by atoms with Crippen LogP contribution in [0.5, 0.6) is 0 Å². The molecule has 92 valence electrons. The van der Waals surface area contributed by atoms with Gasteiger partial charge in [-0.3, -0.25) is 0 Å². The Morgan fingerprint density at radius 2 is 2.25 bits per heavy atom. The first-order valence-electron chi connectivity index (χ1n) is 6.29. The number of aliphatic hydroxyl groups is 1. The van der Waals surface area contributed by atoms with Gasteiger partial charge in [0.25, 0.3) is 0 Å². The predicted octanol–water partition coefficient (Wildman–Crippen LogP) is 1.18. The van der Waals surface area contributed by atoms with E-state index in [4.69, 9.17) is 4.74 Å². The molecule has 0 amide bonds. The number of fused-ring (bicyclic) bond motifs is 2. The van der Waals surface area contributed by atoms with Gasteiger partial charge in [0.2, 0.25) is 0 Å². The zero-order valence-corrected chi connectivity index (χ0v) is 10.2. The molecule has 5 atom stereocenters. The van der Waals surface area contributed by atoms with Crippen LogP contribution in [0.1, 0.15) is 19.8 Å². The monoisotopic (exact) mass is 225 g/mol. The van der Waals surface area contributed by atoms with Crippen molar-refractivity contribution in [3.8, 4) is 0 Å². The molecular weight excluding hydrogens is 202 g/mol. The van der Waals surface area contributed by atoms with Crippen molar-refractivity contribution in [3.05, 3.63) is 12.2 Å². The molecule has 1 saturated carbocycles. The van der Waals surface area contributed by atoms with Gasteiger partial charge in [-0.15, -0.1) is 0 Å². The standard InChI is InChI=1S/C13H23NO2/c1-9(14-7-12(15)8-16-2)13-6-10-3-4-11(13)5-10/h3-4,9-15H,5-8H2,1-2H3. The van der Waals surface area contributed by atoms with Gasteiger partial charge in [0.15, 0.2) is 0 Å². The Bertz CT molecular complexity index is 254. The van der Waals surface area contributed by atoms with E-state index in [-0.39, 0.29) is 6.10 Å². The summed E-state index contributed by atoms with van der Waals surface area (Å²) in [7, 11) is 1.62. The van der Waals surface area contributed by atoms with E-state index in [9.17, 15) is 5.11 Å². The molecule has 0 spiro atoms. The summed E-state index contributed by atoms with van der Waals surface area (Å²) in [5, 5.41) is 13.0. The van der Waals surface area contributed by atoms with E-state index in [0.717, 1.165) is 17.8 Å². The molecule has 0 aromatic carbocycles. The van der Waals surface area contributed by atoms with Gasteiger partial charge < -0.3 is 15.2 Å². The highest BCUT2D eigenvalue weighted by atomic mass is 16.5. The summed E-state index contributed by atoms with van der Waals surface area (Å²) in [6.45, 7) is 3.28. The van der Waals surface area contributed by atoms with Gasteiger partial charge in [-0.1, -0.05) is 12.2 Å². The molecule has 0 radical (unpaired) electrons. The maximum Gasteiger partial charge on any atom is 0.0897 e. The van der Waals surface area contributed by atoms with Crippen molar-refractivity contribution in [2.75, 3.05) is 20.3 Å². The second-order valence-corrected chi connectivity index (χ2v) is 5.25. The fourth-order valence-electron chi connectivity index (χ4n) is 3.12. The fourth-order valence-corrected chi connectivity index (χ4v) is 3.12. The van der Waals surface area contributed by atoms with E-state index in [1.54, 1.807) is 7.11 Å². The Balaban J connectivity index is 1.72. The Morgan fingerprint density at radius 1 is 1.44 bits per heavy atom. The van der Waals surface area contributed by atoms with Crippen LogP contribution in [0.15, 0.2) is 12.2 Å². The first-order chi connectivity index (χ1) is 7.70. The van der Waals surface area contributed by atoms with Gasteiger partial charge in [-0.2, -0.15) is 0 Å². The van der Waals surface area contributed by atoms with E-state index in [1.165, 1.54) is 12.8 Å². The largest absolute Gasteiger partial charge is 0.389 e. The highest BCUT2D eigenvalue weighted by Crippen LogP contribution is 2.44. The molecule has 0 saturated heterocycles. The minimum absolute atomic E-state index is 0.387. The lowest BCUT2D eigenvalue weighted by Gasteiger charge is -2.27. The average Bonchev–Trinajstić information content (AvgIpc) is 2.88. The Kier molecular flexibility index (Phi) is 4.00. The van der Waals surface area contributed by atoms with Crippen molar-refractivity contribution in [2.45, 2.75) is 31.9 Å². The second-order valence-electron chi connectivity index (χ2n) is 5.25. The lowest BCUT2D eigenvalue weighted by molar-refractivity contribution is 0.0612. The van der Waals surface area contributed by atoms with Gasteiger partial charge in [0.1, 0.15) is 0 Å². The third kappa shape index (κ3) is 2.65. The minimum Gasteiger partial charge on any atom is -0.389 e. The zero-order valence-electron chi connectivity index (χ0n) is 10.2. The normalized spacial score (nSPS) is 35.6. The van der Waals surface area contributed by atoms with Gasteiger partial charge in [-0.05, 0) is 37.5 Å². The average molecular weight is 225 g/mol. The van der Waals surface area contributed by atoms with Crippen molar-refractivity contribution < 1.29 is 9.84 Å². The lowest BCUT2D eigenvalue weighted by atomic mass is 9.87. The molecule has 2 N–H and O–H groups in total. The van der Waals surface area contributed by atoms with Crippen LogP contribution < -0.4 is 5.32 Å². The van der Waals surface area contributed by atoms with Crippen molar-refractivity contribution in [1.29, 1.82) is 0 Å². The summed E-state index contributed by atoms with van der Waals surface area (Å²) in [6.07, 6.45) is 7.02. The van der Waals surface area contributed by atoms with Crippen molar-refractivity contribution in [3.63, 3.8) is 0 Å². The van der Waals surface area contributed by atoms with Crippen LogP contribution in [-0.2, 0) is 4.74 Å². The van der Waals surface area contributed by atoms with Crippen molar-refractivity contribution >= 4 is 0 Å². The van der Waals surface area contributed by atoms with Crippen LogP contribution >= 0.6 is 0 Å². The molecule has 3 heteroatoms. The summed E-state index contributed by atoms with van der Waals surface area (Å²) in [5.74, 6) is 2.35. The van der Waals surface area contributed by atoms with E-state index in [2.05, 4.69) is 24.4 Å². The summed E-state index contributed by atoms with van der Waals surface area (Å²) in [4.78, 5) is 0. The van der Waals surface area contributed by atoms with Gasteiger partial charge >= 0.3 is 0 Å². The molecule has 2 aliphatic rings. The molecule has 3 nitrogen and oxygen atoms in total. The molecule has 1 fully saturated rings. The lowest BCUT2D eigenvalue weighted by Crippen LogP contribution is -2.41. The van der Waals surface area contributed by atoms with Crippen molar-refractivity contribution in [2.24, 2.45) is 17.8 Å². The Morgan fingerprint density at radius 3 is 2.81 bits per heavy atom. The number of allylic oxidation sites excluding steroid dienone is 2. The molecule has 2 aliphatic carbocycles. The highest BCUT2D eigenvalue weighted by molar-refractivity contribution is 5.11. The van der Waals surface area contributed by atoms with Crippen LogP contribution in [0.25, 0.3) is 0 Å². The Hall–Kier alpha value is -0.380. The van der Waals surface area contributed by atoms with Crippen LogP contribution in [0, 0.1) is 17.8 Å². The van der Waals surface area contributed by atoms with E-state index in [1.807, 2.05) is 0 Å². The number of hydrogen-bond acceptors (Lipinski definition) is 3. The number of methoxy groups -OCH3 is 1. The first-order valence-corrected chi connectivity index (χ1v) is 6.29. The van der Waals surface area contributed by atoms with E-state index < -0.39 is 0 Å². The molecule has 0 aromatic heterocycles. The summed E-state index contributed by atoms with van der Waals surface area (Å²) in [6, 6.07) is 0.492. The van der Waals surface area contributed by atoms with Gasteiger partial charge in [0.05, 0.1) is 12.7 Å². The van der Waals surface area contributed by atoms with Crippen LogP contribution in [0.3, 0.4) is 0 Å². The number of ether oxygens (including phenoxy) is 1. The maximum absolute atomic E-state index is 9.57. The van der Waals surface area contributed by atoms with E-state index >= 15 is 0 Å². The summed E-state index contributed by atoms with van der Waals surface area (Å²) >= 11 is 0. The molecule has 2 rings (SSSR count). The molecular formula is C13H23NO2. The molecule has 16 heavy (non-hydrogen) atoms. The highest BCUT2D eigenvalue weighted by Gasteiger charge is 2.38. The van der Waals surface area contributed by atoms with Crippen LogP contribution in [-0.4, -0.2) is 37.5 Å². The number of hydrogen-bond donors (Lipinski definition) is 2. The smallest absolute Gasteiger partial charge is 0.0897 e. The van der Waals surface area contributed by atoms with E-state index in [0.29, 0.717) is 19.2 Å². The number of nitrogens with one attached hydrogen (secondary N) is 1. The molecule has 0 heterocycles.